The number of anilines is 1. The number of carbonyl (C=O) groups excluding carboxylic acids is 1. The lowest BCUT2D eigenvalue weighted by Gasteiger charge is -2.32. The molecule has 3 N–H and O–H groups in total. The molecule has 21 heavy (non-hydrogen) atoms. The van der Waals surface area contributed by atoms with Crippen molar-refractivity contribution >= 4 is 11.9 Å². The van der Waals surface area contributed by atoms with E-state index >= 15 is 0 Å². The molecule has 1 fully saturated rings. The zero-order valence-corrected chi connectivity index (χ0v) is 12.8. The summed E-state index contributed by atoms with van der Waals surface area (Å²) in [7, 11) is 0. The monoisotopic (exact) mass is 295 g/mol. The van der Waals surface area contributed by atoms with Crippen molar-refractivity contribution in [2.24, 2.45) is 11.3 Å². The van der Waals surface area contributed by atoms with Gasteiger partial charge in [-0.05, 0) is 30.6 Å². The van der Waals surface area contributed by atoms with Crippen molar-refractivity contribution in [1.29, 1.82) is 0 Å². The van der Waals surface area contributed by atoms with Crippen LogP contribution >= 0.6 is 0 Å². The van der Waals surface area contributed by atoms with Crippen molar-refractivity contribution in [1.82, 2.24) is 20.1 Å². The lowest BCUT2D eigenvalue weighted by Crippen LogP contribution is -2.37. The van der Waals surface area contributed by atoms with Crippen LogP contribution in [0, 0.1) is 11.3 Å². The van der Waals surface area contributed by atoms with Crippen LogP contribution in [-0.2, 0) is 16.1 Å². The van der Waals surface area contributed by atoms with Gasteiger partial charge in [0.25, 0.3) is 0 Å². The van der Waals surface area contributed by atoms with E-state index in [4.69, 9.17) is 10.5 Å². The van der Waals surface area contributed by atoms with Crippen molar-refractivity contribution in [3.05, 3.63) is 6.33 Å². The van der Waals surface area contributed by atoms with E-state index in [1.54, 1.807) is 0 Å². The van der Waals surface area contributed by atoms with Crippen LogP contribution in [0.2, 0.25) is 0 Å². The minimum Gasteiger partial charge on any atom is -0.381 e. The van der Waals surface area contributed by atoms with E-state index in [-0.39, 0.29) is 23.8 Å². The normalized spacial score (nSPS) is 16.9. The molecule has 0 unspecified atom stereocenters. The van der Waals surface area contributed by atoms with Gasteiger partial charge in [0, 0.05) is 19.8 Å². The maximum atomic E-state index is 11.9. The van der Waals surface area contributed by atoms with Gasteiger partial charge in [-0.3, -0.25) is 4.79 Å². The number of nitrogens with two attached hydrogens (primary N) is 1. The number of hydrogen-bond donors (Lipinski definition) is 2. The average molecular weight is 295 g/mol. The Morgan fingerprint density at radius 1 is 1.52 bits per heavy atom. The Kier molecular flexibility index (Phi) is 5.17. The number of nitrogens with zero attached hydrogens (tertiary/aromatic N) is 3. The standard InChI is InChI=1S/C14H25N5O2/c1-14(2,7-11-3-5-21-6-4-11)9-16-12(20)8-19-13(15)17-10-18-19/h10-11H,3-9H2,1-2H3,(H,16,20)(H2,15,17,18). The van der Waals surface area contributed by atoms with Gasteiger partial charge in [-0.2, -0.15) is 5.10 Å². The summed E-state index contributed by atoms with van der Waals surface area (Å²) >= 11 is 0. The number of aromatic nitrogens is 3. The quantitative estimate of drug-likeness (QED) is 0.810. The molecule has 0 aromatic carbocycles. The molecule has 1 aliphatic rings. The summed E-state index contributed by atoms with van der Waals surface area (Å²) in [5, 5.41) is 6.86. The third-order valence-corrected chi connectivity index (χ3v) is 3.89. The third-order valence-electron chi connectivity index (χ3n) is 3.89. The van der Waals surface area contributed by atoms with E-state index in [0.717, 1.165) is 32.5 Å². The van der Waals surface area contributed by atoms with Crippen molar-refractivity contribution in [2.45, 2.75) is 39.7 Å². The zero-order valence-electron chi connectivity index (χ0n) is 12.8. The molecule has 2 rings (SSSR count). The van der Waals surface area contributed by atoms with Crippen LogP contribution in [-0.4, -0.2) is 40.4 Å². The summed E-state index contributed by atoms with van der Waals surface area (Å²) in [6.45, 7) is 6.85. The minimum absolute atomic E-state index is 0.0750. The first kappa shape index (κ1) is 15.8. The molecular weight excluding hydrogens is 270 g/mol. The molecule has 7 heteroatoms. The second-order valence-corrected chi connectivity index (χ2v) is 6.48. The fourth-order valence-corrected chi connectivity index (χ4v) is 2.73. The van der Waals surface area contributed by atoms with Crippen molar-refractivity contribution in [3.8, 4) is 0 Å². The SMILES string of the molecule is CC(C)(CNC(=O)Cn1ncnc1N)CC1CCOCC1. The summed E-state index contributed by atoms with van der Waals surface area (Å²) in [6.07, 6.45) is 4.68. The van der Waals surface area contributed by atoms with E-state index in [9.17, 15) is 4.79 Å². The molecule has 0 saturated carbocycles. The Morgan fingerprint density at radius 3 is 2.86 bits per heavy atom. The summed E-state index contributed by atoms with van der Waals surface area (Å²) in [5.74, 6) is 0.857. The number of nitrogen functional groups attached to an aromatic ring is 1. The highest BCUT2D eigenvalue weighted by molar-refractivity contribution is 5.75. The van der Waals surface area contributed by atoms with E-state index in [0.29, 0.717) is 12.5 Å². The van der Waals surface area contributed by atoms with Crippen LogP contribution < -0.4 is 11.1 Å². The predicted octanol–water partition coefficient (Wildman–Crippen LogP) is 0.819. The summed E-state index contributed by atoms with van der Waals surface area (Å²) in [4.78, 5) is 15.7. The lowest BCUT2D eigenvalue weighted by atomic mass is 9.80. The summed E-state index contributed by atoms with van der Waals surface area (Å²) < 4.78 is 6.77. The Hall–Kier alpha value is -1.63. The average Bonchev–Trinajstić information content (AvgIpc) is 2.83. The summed E-state index contributed by atoms with van der Waals surface area (Å²) in [5.41, 5.74) is 5.67. The Balaban J connectivity index is 1.75. The number of hydrogen-bond acceptors (Lipinski definition) is 5. The largest absolute Gasteiger partial charge is 0.381 e. The number of rotatable bonds is 6. The van der Waals surface area contributed by atoms with Crippen LogP contribution in [0.4, 0.5) is 5.95 Å². The van der Waals surface area contributed by atoms with Gasteiger partial charge >= 0.3 is 0 Å². The zero-order chi connectivity index (χ0) is 15.3. The highest BCUT2D eigenvalue weighted by Crippen LogP contribution is 2.30. The van der Waals surface area contributed by atoms with Crippen molar-refractivity contribution < 1.29 is 9.53 Å². The summed E-state index contributed by atoms with van der Waals surface area (Å²) in [6, 6.07) is 0. The lowest BCUT2D eigenvalue weighted by molar-refractivity contribution is -0.122. The number of ether oxygens (including phenoxy) is 1. The Morgan fingerprint density at radius 2 is 2.24 bits per heavy atom. The Labute approximate surface area is 125 Å². The Bertz CT molecular complexity index is 466. The van der Waals surface area contributed by atoms with Crippen molar-refractivity contribution in [3.63, 3.8) is 0 Å². The molecule has 1 amide bonds. The van der Waals surface area contributed by atoms with E-state index in [1.165, 1.54) is 11.0 Å². The molecule has 0 spiro atoms. The highest BCUT2D eigenvalue weighted by atomic mass is 16.5. The molecule has 1 aromatic heterocycles. The van der Waals surface area contributed by atoms with Gasteiger partial charge in [0.05, 0.1) is 0 Å². The topological polar surface area (TPSA) is 95.1 Å². The molecule has 0 radical (unpaired) electrons. The number of amides is 1. The van der Waals surface area contributed by atoms with Gasteiger partial charge < -0.3 is 15.8 Å². The smallest absolute Gasteiger partial charge is 0.241 e. The predicted molar refractivity (Wildman–Crippen MR) is 79.4 cm³/mol. The minimum atomic E-state index is -0.0905. The molecule has 0 atom stereocenters. The van der Waals surface area contributed by atoms with Gasteiger partial charge in [0.1, 0.15) is 12.9 Å². The fraction of sp³-hybridized carbons (Fsp3) is 0.786. The molecule has 0 bridgehead atoms. The van der Waals surface area contributed by atoms with Crippen LogP contribution in [0.5, 0.6) is 0 Å². The van der Waals surface area contributed by atoms with E-state index in [2.05, 4.69) is 29.2 Å². The van der Waals surface area contributed by atoms with Gasteiger partial charge in [0.15, 0.2) is 0 Å². The second kappa shape index (κ2) is 6.89. The van der Waals surface area contributed by atoms with E-state index in [1.807, 2.05) is 0 Å². The first-order valence-electron chi connectivity index (χ1n) is 7.44. The molecule has 7 nitrogen and oxygen atoms in total. The maximum Gasteiger partial charge on any atom is 0.241 e. The van der Waals surface area contributed by atoms with Gasteiger partial charge in [0.2, 0.25) is 11.9 Å². The molecule has 1 aromatic rings. The van der Waals surface area contributed by atoms with Gasteiger partial charge in [-0.15, -0.1) is 0 Å². The van der Waals surface area contributed by atoms with Crippen molar-refractivity contribution in [2.75, 3.05) is 25.5 Å². The van der Waals surface area contributed by atoms with Crippen LogP contribution in [0.1, 0.15) is 33.1 Å². The van der Waals surface area contributed by atoms with Crippen LogP contribution in [0.3, 0.4) is 0 Å². The van der Waals surface area contributed by atoms with Crippen LogP contribution in [0.25, 0.3) is 0 Å². The molecule has 118 valence electrons. The van der Waals surface area contributed by atoms with Crippen LogP contribution in [0.15, 0.2) is 6.33 Å². The highest BCUT2D eigenvalue weighted by Gasteiger charge is 2.25. The van der Waals surface area contributed by atoms with E-state index < -0.39 is 0 Å². The molecular formula is C14H25N5O2. The molecule has 2 heterocycles. The second-order valence-electron chi connectivity index (χ2n) is 6.48. The van der Waals surface area contributed by atoms with Gasteiger partial charge in [-0.25, -0.2) is 9.67 Å². The third kappa shape index (κ3) is 5.00. The van der Waals surface area contributed by atoms with Gasteiger partial charge in [-0.1, -0.05) is 13.8 Å². The molecule has 1 aliphatic heterocycles. The molecule has 1 saturated heterocycles. The number of carbonyl (C=O) groups is 1. The maximum absolute atomic E-state index is 11.9. The number of nitrogens with one attached hydrogen (secondary N) is 1. The first-order chi connectivity index (χ1) is 9.96. The fourth-order valence-electron chi connectivity index (χ4n) is 2.73. The first-order valence-corrected chi connectivity index (χ1v) is 7.44. The molecule has 0 aliphatic carbocycles.